The molecule has 1 amide bonds. The molecule has 132 valence electrons. The van der Waals surface area contributed by atoms with Gasteiger partial charge < -0.3 is 9.42 Å². The summed E-state index contributed by atoms with van der Waals surface area (Å²) in [6.45, 7) is 3.59. The number of halogens is 1. The van der Waals surface area contributed by atoms with Gasteiger partial charge in [0.05, 0.1) is 11.1 Å². The Balaban J connectivity index is 1.47. The molecule has 1 aromatic carbocycles. The third kappa shape index (κ3) is 3.29. The van der Waals surface area contributed by atoms with Gasteiger partial charge in [0.2, 0.25) is 5.91 Å². The molecule has 1 aromatic heterocycles. The molecule has 2 aromatic rings. The topological polar surface area (TPSA) is 61.6 Å². The molecular weight excluding hydrogens is 340 g/mol. The Bertz CT molecular complexity index is 762. The highest BCUT2D eigenvalue weighted by atomic mass is 35.5. The maximum atomic E-state index is 12.8. The summed E-state index contributed by atoms with van der Waals surface area (Å²) >= 11 is 5.92. The second kappa shape index (κ2) is 6.44. The van der Waals surface area contributed by atoms with E-state index in [0.717, 1.165) is 44.6 Å². The van der Waals surface area contributed by atoms with Gasteiger partial charge >= 0.3 is 0 Å². The maximum absolute atomic E-state index is 12.8. The molecule has 0 radical (unpaired) electrons. The third-order valence-corrected chi connectivity index (χ3v) is 5.33. The van der Waals surface area contributed by atoms with Crippen LogP contribution in [-0.4, -0.2) is 54.2 Å². The quantitative estimate of drug-likeness (QED) is 0.906. The van der Waals surface area contributed by atoms with E-state index < -0.39 is 5.41 Å². The summed E-state index contributed by atoms with van der Waals surface area (Å²) < 4.78 is 5.48. The minimum Gasteiger partial charge on any atom is -0.356 e. The molecule has 1 saturated carbocycles. The monoisotopic (exact) mass is 360 g/mol. The van der Waals surface area contributed by atoms with Crippen molar-refractivity contribution in [3.05, 3.63) is 41.0 Å². The van der Waals surface area contributed by atoms with Gasteiger partial charge in [0.25, 0.3) is 0 Å². The van der Waals surface area contributed by atoms with Crippen LogP contribution in [0.15, 0.2) is 34.9 Å². The van der Waals surface area contributed by atoms with E-state index in [9.17, 15) is 4.79 Å². The first kappa shape index (κ1) is 16.6. The highest BCUT2D eigenvalue weighted by molar-refractivity contribution is 6.30. The fourth-order valence-corrected chi connectivity index (χ4v) is 3.27. The lowest BCUT2D eigenvalue weighted by Crippen LogP contribution is -2.54. The summed E-state index contributed by atoms with van der Waals surface area (Å²) in [5, 5.41) is 6.86. The molecule has 1 aliphatic heterocycles. The lowest BCUT2D eigenvalue weighted by Gasteiger charge is -2.33. The summed E-state index contributed by atoms with van der Waals surface area (Å²) in [5.74, 6) is 0.679. The minimum absolute atomic E-state index is 0.0213. The number of rotatable bonds is 4. The molecule has 6 nitrogen and oxygen atoms in total. The third-order valence-electron chi connectivity index (χ3n) is 5.08. The SMILES string of the molecule is CN1CCN(NC(=O)C2(c3cc(-c4ccc(Cl)cc4)on3)CC2)CC1. The van der Waals surface area contributed by atoms with Gasteiger partial charge in [-0.2, -0.15) is 0 Å². The second-order valence-electron chi connectivity index (χ2n) is 6.90. The van der Waals surface area contributed by atoms with Crippen LogP contribution in [0.2, 0.25) is 5.02 Å². The lowest BCUT2D eigenvalue weighted by molar-refractivity contribution is -0.129. The maximum Gasteiger partial charge on any atom is 0.246 e. The van der Waals surface area contributed by atoms with Crippen LogP contribution >= 0.6 is 11.6 Å². The number of carbonyl (C=O) groups excluding carboxylic acids is 1. The van der Waals surface area contributed by atoms with Gasteiger partial charge in [0, 0.05) is 42.8 Å². The van der Waals surface area contributed by atoms with Crippen LogP contribution < -0.4 is 5.43 Å². The first-order valence-corrected chi connectivity index (χ1v) is 8.92. The fourth-order valence-electron chi connectivity index (χ4n) is 3.14. The summed E-state index contributed by atoms with van der Waals surface area (Å²) in [6.07, 6.45) is 1.61. The molecule has 2 heterocycles. The van der Waals surface area contributed by atoms with Crippen molar-refractivity contribution in [3.8, 4) is 11.3 Å². The zero-order chi connectivity index (χ0) is 17.4. The van der Waals surface area contributed by atoms with Crippen LogP contribution in [0.3, 0.4) is 0 Å². The van der Waals surface area contributed by atoms with Crippen molar-refractivity contribution < 1.29 is 9.32 Å². The molecule has 0 spiro atoms. The van der Waals surface area contributed by atoms with Crippen LogP contribution in [0.1, 0.15) is 18.5 Å². The number of likely N-dealkylation sites (N-methyl/N-ethyl adjacent to an activating group) is 1. The van der Waals surface area contributed by atoms with Crippen LogP contribution in [0, 0.1) is 0 Å². The number of nitrogens with one attached hydrogen (secondary N) is 1. The number of piperazine rings is 1. The van der Waals surface area contributed by atoms with Gasteiger partial charge in [-0.1, -0.05) is 16.8 Å². The summed E-state index contributed by atoms with van der Waals surface area (Å²) in [7, 11) is 2.09. The van der Waals surface area contributed by atoms with E-state index in [0.29, 0.717) is 16.5 Å². The van der Waals surface area contributed by atoms with E-state index >= 15 is 0 Å². The number of nitrogens with zero attached hydrogens (tertiary/aromatic N) is 3. The molecule has 2 aliphatic rings. The average Bonchev–Trinajstić information content (AvgIpc) is 3.28. The molecule has 1 aliphatic carbocycles. The van der Waals surface area contributed by atoms with Crippen molar-refractivity contribution in [2.75, 3.05) is 33.2 Å². The summed E-state index contributed by atoms with van der Waals surface area (Å²) in [5.41, 5.74) is 4.14. The van der Waals surface area contributed by atoms with E-state index in [1.807, 2.05) is 35.3 Å². The molecule has 4 rings (SSSR count). The highest BCUT2D eigenvalue weighted by Gasteiger charge is 2.54. The van der Waals surface area contributed by atoms with Crippen molar-refractivity contribution in [2.45, 2.75) is 18.3 Å². The smallest absolute Gasteiger partial charge is 0.246 e. The molecule has 7 heteroatoms. The first-order chi connectivity index (χ1) is 12.1. The molecule has 0 bridgehead atoms. The van der Waals surface area contributed by atoms with Gasteiger partial charge in [-0.25, -0.2) is 5.01 Å². The van der Waals surface area contributed by atoms with Crippen LogP contribution in [0.25, 0.3) is 11.3 Å². The largest absolute Gasteiger partial charge is 0.356 e. The van der Waals surface area contributed by atoms with E-state index in [1.54, 1.807) is 0 Å². The summed E-state index contributed by atoms with van der Waals surface area (Å²) in [4.78, 5) is 15.1. The molecule has 1 saturated heterocycles. The Hall–Kier alpha value is -1.89. The number of benzene rings is 1. The number of hydrazine groups is 1. The zero-order valence-corrected chi connectivity index (χ0v) is 14.9. The van der Waals surface area contributed by atoms with Crippen molar-refractivity contribution in [3.63, 3.8) is 0 Å². The zero-order valence-electron chi connectivity index (χ0n) is 14.2. The van der Waals surface area contributed by atoms with E-state index in [2.05, 4.69) is 22.5 Å². The molecule has 0 atom stereocenters. The highest BCUT2D eigenvalue weighted by Crippen LogP contribution is 2.48. The molecule has 1 N–H and O–H groups in total. The van der Waals surface area contributed by atoms with E-state index in [1.165, 1.54) is 0 Å². The van der Waals surface area contributed by atoms with Gasteiger partial charge in [0.1, 0.15) is 0 Å². The van der Waals surface area contributed by atoms with Crippen LogP contribution in [0.5, 0.6) is 0 Å². The molecule has 2 fully saturated rings. The van der Waals surface area contributed by atoms with Crippen LogP contribution in [-0.2, 0) is 10.2 Å². The Morgan fingerprint density at radius 1 is 1.20 bits per heavy atom. The normalized spacial score (nSPS) is 20.4. The van der Waals surface area contributed by atoms with Crippen molar-refractivity contribution in [1.82, 2.24) is 20.5 Å². The van der Waals surface area contributed by atoms with Crippen molar-refractivity contribution >= 4 is 17.5 Å². The van der Waals surface area contributed by atoms with E-state index in [4.69, 9.17) is 16.1 Å². The second-order valence-corrected chi connectivity index (χ2v) is 7.33. The molecule has 25 heavy (non-hydrogen) atoms. The van der Waals surface area contributed by atoms with Gasteiger partial charge in [-0.05, 0) is 44.2 Å². The number of amides is 1. The molecular formula is C18H21ClN4O2. The Morgan fingerprint density at radius 3 is 2.52 bits per heavy atom. The Kier molecular flexibility index (Phi) is 4.27. The number of aromatic nitrogens is 1. The average molecular weight is 361 g/mol. The first-order valence-electron chi connectivity index (χ1n) is 8.54. The van der Waals surface area contributed by atoms with Crippen molar-refractivity contribution in [1.29, 1.82) is 0 Å². The minimum atomic E-state index is -0.544. The van der Waals surface area contributed by atoms with Gasteiger partial charge in [0.15, 0.2) is 5.76 Å². The molecule has 0 unspecified atom stereocenters. The lowest BCUT2D eigenvalue weighted by atomic mass is 10.0. The van der Waals surface area contributed by atoms with Gasteiger partial charge in [-0.3, -0.25) is 10.2 Å². The Labute approximate surface area is 151 Å². The predicted octanol–water partition coefficient (Wildman–Crippen LogP) is 2.31. The summed E-state index contributed by atoms with van der Waals surface area (Å²) in [6, 6.07) is 9.27. The van der Waals surface area contributed by atoms with E-state index in [-0.39, 0.29) is 5.91 Å². The number of hydrogen-bond acceptors (Lipinski definition) is 5. The number of hydrogen-bond donors (Lipinski definition) is 1. The van der Waals surface area contributed by atoms with Crippen molar-refractivity contribution in [2.24, 2.45) is 0 Å². The standard InChI is InChI=1S/C18H21ClN4O2/c1-22-8-10-23(11-9-22)20-17(24)18(6-7-18)16-12-15(25-21-16)13-2-4-14(19)5-3-13/h2-5,12H,6-11H2,1H3,(H,20,24). The number of carbonyl (C=O) groups is 1. The Morgan fingerprint density at radius 2 is 1.88 bits per heavy atom. The predicted molar refractivity (Wildman–Crippen MR) is 95.1 cm³/mol. The van der Waals surface area contributed by atoms with Gasteiger partial charge in [-0.15, -0.1) is 0 Å². The van der Waals surface area contributed by atoms with Crippen LogP contribution in [0.4, 0.5) is 0 Å². The fraction of sp³-hybridized carbons (Fsp3) is 0.444.